The number of benzene rings is 1. The Morgan fingerprint density at radius 3 is 2.69 bits per heavy atom. The van der Waals surface area contributed by atoms with E-state index in [-0.39, 0.29) is 28.7 Å². The number of H-pyrrole nitrogens is 1. The normalized spacial score (nSPS) is 19.3. The molecule has 8 nitrogen and oxygen atoms in total. The zero-order valence-electron chi connectivity index (χ0n) is 23.5. The van der Waals surface area contributed by atoms with E-state index in [1.54, 1.807) is 6.20 Å². The largest absolute Gasteiger partial charge is 0.350 e. The van der Waals surface area contributed by atoms with Crippen LogP contribution in [0.1, 0.15) is 76.6 Å². The lowest BCUT2D eigenvalue weighted by Gasteiger charge is -2.30. The molecule has 5 rings (SSSR count). The number of piperidine rings is 1. The van der Waals surface area contributed by atoms with E-state index < -0.39 is 0 Å². The van der Waals surface area contributed by atoms with Crippen molar-refractivity contribution in [1.82, 2.24) is 24.8 Å². The number of carbonyl (C=O) groups excluding carboxylic acids is 2. The van der Waals surface area contributed by atoms with Crippen molar-refractivity contribution in [2.75, 3.05) is 20.1 Å². The lowest BCUT2D eigenvalue weighted by atomic mass is 9.91. The van der Waals surface area contributed by atoms with Gasteiger partial charge in [0.05, 0.1) is 29.0 Å². The number of nitrogens with one attached hydrogen (secondary N) is 2. The van der Waals surface area contributed by atoms with Gasteiger partial charge in [-0.2, -0.15) is 0 Å². The number of aryl methyl sites for hydroxylation is 1. The first-order valence-electron chi connectivity index (χ1n) is 14.5. The van der Waals surface area contributed by atoms with Gasteiger partial charge in [-0.3, -0.25) is 14.4 Å². The molecule has 2 aliphatic rings. The van der Waals surface area contributed by atoms with Crippen LogP contribution >= 0.6 is 0 Å². The minimum absolute atomic E-state index is 0.0396. The van der Waals surface area contributed by atoms with Crippen LogP contribution in [0.2, 0.25) is 0 Å². The van der Waals surface area contributed by atoms with E-state index in [9.17, 15) is 14.4 Å². The van der Waals surface area contributed by atoms with Crippen molar-refractivity contribution >= 4 is 22.6 Å². The Labute approximate surface area is 230 Å². The number of carbonyl (C=O) groups is 2. The van der Waals surface area contributed by atoms with Gasteiger partial charge in [-0.15, -0.1) is 0 Å². The molecule has 1 aliphatic carbocycles. The van der Waals surface area contributed by atoms with Crippen LogP contribution in [0.5, 0.6) is 0 Å². The number of hydrogen-bond acceptors (Lipinski definition) is 5. The number of hydrogen-bond donors (Lipinski definition) is 2. The Balaban J connectivity index is 1.33. The van der Waals surface area contributed by atoms with Gasteiger partial charge in [0.2, 0.25) is 5.91 Å². The summed E-state index contributed by atoms with van der Waals surface area (Å²) in [4.78, 5) is 48.8. The molecule has 0 bridgehead atoms. The van der Waals surface area contributed by atoms with Gasteiger partial charge in [-0.05, 0) is 69.8 Å². The Bertz CT molecular complexity index is 1400. The first kappa shape index (κ1) is 27.3. The van der Waals surface area contributed by atoms with Crippen molar-refractivity contribution in [1.29, 1.82) is 0 Å². The van der Waals surface area contributed by atoms with Crippen molar-refractivity contribution in [3.8, 4) is 11.3 Å². The van der Waals surface area contributed by atoms with Crippen LogP contribution in [0.3, 0.4) is 0 Å². The van der Waals surface area contributed by atoms with E-state index in [0.717, 1.165) is 63.6 Å². The van der Waals surface area contributed by atoms with Crippen LogP contribution in [-0.4, -0.2) is 51.3 Å². The topological polar surface area (TPSA) is 100 Å². The number of nitrogens with zero attached hydrogens (tertiary/aromatic N) is 3. The van der Waals surface area contributed by atoms with Crippen molar-refractivity contribution in [3.63, 3.8) is 0 Å². The molecule has 2 aromatic heterocycles. The Morgan fingerprint density at radius 2 is 1.92 bits per heavy atom. The summed E-state index contributed by atoms with van der Waals surface area (Å²) in [6.45, 7) is 4.00. The zero-order valence-corrected chi connectivity index (χ0v) is 23.5. The van der Waals surface area contributed by atoms with Crippen molar-refractivity contribution < 1.29 is 9.59 Å². The van der Waals surface area contributed by atoms with Gasteiger partial charge in [-0.1, -0.05) is 31.9 Å². The summed E-state index contributed by atoms with van der Waals surface area (Å²) in [5.74, 6) is 1.16. The lowest BCUT2D eigenvalue weighted by molar-refractivity contribution is -0.124. The molecular formula is C31H41N5O3. The number of aromatic amines is 1. The number of amides is 1. The SMILES string of the molecule is CCC(=O)CCCCC[C@H](NC(=O)[C@H]1CC12CCN(C)CC2)c1ncc(-c2cn(C)c3ccccc3c2=O)[nH]1. The number of ketones is 1. The Hall–Kier alpha value is -3.26. The molecule has 2 fully saturated rings. The molecule has 1 spiro atoms. The van der Waals surface area contributed by atoms with Gasteiger partial charge in [0.15, 0.2) is 5.43 Å². The third kappa shape index (κ3) is 5.86. The molecule has 1 aromatic carbocycles. The second-order valence-corrected chi connectivity index (χ2v) is 11.7. The van der Waals surface area contributed by atoms with Gasteiger partial charge < -0.3 is 19.8 Å². The van der Waals surface area contributed by atoms with Gasteiger partial charge in [-0.25, -0.2) is 4.98 Å². The van der Waals surface area contributed by atoms with Crippen LogP contribution in [0, 0.1) is 11.3 Å². The third-order valence-electron chi connectivity index (χ3n) is 8.96. The standard InChI is InChI=1S/C31H41N5O3/c1-4-21(37)10-6-5-7-12-25(34-30(39)24-18-31(24)14-16-35(2)17-15-31)29-32-19-26(33-29)23-20-36(3)27-13-9-8-11-22(27)28(23)38/h8-9,11,13,19-20,24-25H,4-7,10,12,14-18H2,1-3H3,(H,32,33)(H,34,39)/t24-,25+/m1/s1. The number of fused-ring (bicyclic) bond motifs is 1. The van der Waals surface area contributed by atoms with E-state index in [1.165, 1.54) is 0 Å². The highest BCUT2D eigenvalue weighted by Crippen LogP contribution is 2.59. The number of imidazole rings is 1. The van der Waals surface area contributed by atoms with Gasteiger partial charge in [0, 0.05) is 37.4 Å². The first-order chi connectivity index (χ1) is 18.8. The minimum Gasteiger partial charge on any atom is -0.350 e. The van der Waals surface area contributed by atoms with Crippen molar-refractivity contribution in [2.45, 2.75) is 70.8 Å². The van der Waals surface area contributed by atoms with E-state index in [4.69, 9.17) is 0 Å². The van der Waals surface area contributed by atoms with Crippen LogP contribution in [0.15, 0.2) is 41.5 Å². The summed E-state index contributed by atoms with van der Waals surface area (Å²) in [5.41, 5.74) is 2.22. The molecule has 8 heteroatoms. The molecule has 2 N–H and O–H groups in total. The highest BCUT2D eigenvalue weighted by atomic mass is 16.2. The molecule has 2 atom stereocenters. The highest BCUT2D eigenvalue weighted by molar-refractivity contribution is 5.84. The quantitative estimate of drug-likeness (QED) is 0.348. The fraction of sp³-hybridized carbons (Fsp3) is 0.548. The summed E-state index contributed by atoms with van der Waals surface area (Å²) in [6, 6.07) is 7.32. The smallest absolute Gasteiger partial charge is 0.224 e. The highest BCUT2D eigenvalue weighted by Gasteiger charge is 2.58. The molecule has 0 unspecified atom stereocenters. The van der Waals surface area contributed by atoms with Gasteiger partial charge in [0.1, 0.15) is 11.6 Å². The monoisotopic (exact) mass is 531 g/mol. The first-order valence-corrected chi connectivity index (χ1v) is 14.5. The van der Waals surface area contributed by atoms with Crippen LogP contribution < -0.4 is 10.7 Å². The predicted molar refractivity (Wildman–Crippen MR) is 153 cm³/mol. The van der Waals surface area contributed by atoms with E-state index >= 15 is 0 Å². The average molecular weight is 532 g/mol. The number of unbranched alkanes of at least 4 members (excludes halogenated alkanes) is 2. The van der Waals surface area contributed by atoms with Crippen LogP contribution in [0.4, 0.5) is 0 Å². The van der Waals surface area contributed by atoms with Crippen LogP contribution in [0.25, 0.3) is 22.2 Å². The number of aromatic nitrogens is 3. The van der Waals surface area contributed by atoms with Crippen LogP contribution in [-0.2, 0) is 16.6 Å². The summed E-state index contributed by atoms with van der Waals surface area (Å²) in [6.07, 6.45) is 11.3. The second kappa shape index (κ2) is 11.5. The van der Waals surface area contributed by atoms with E-state index in [0.29, 0.717) is 41.1 Å². The molecule has 1 saturated heterocycles. The lowest BCUT2D eigenvalue weighted by Crippen LogP contribution is -2.36. The molecule has 1 saturated carbocycles. The zero-order chi connectivity index (χ0) is 27.6. The number of para-hydroxylation sites is 1. The summed E-state index contributed by atoms with van der Waals surface area (Å²) >= 11 is 0. The number of Topliss-reactive ketones (excluding diaryl/α,β-unsaturated/α-hetero) is 1. The maximum absolute atomic E-state index is 13.4. The fourth-order valence-corrected chi connectivity index (χ4v) is 6.19. The fourth-order valence-electron chi connectivity index (χ4n) is 6.19. The third-order valence-corrected chi connectivity index (χ3v) is 8.96. The number of rotatable bonds is 11. The Morgan fingerprint density at radius 1 is 1.15 bits per heavy atom. The molecule has 1 aliphatic heterocycles. The molecule has 39 heavy (non-hydrogen) atoms. The summed E-state index contributed by atoms with van der Waals surface area (Å²) < 4.78 is 1.96. The van der Waals surface area contributed by atoms with Crippen molar-refractivity contribution in [3.05, 3.63) is 52.7 Å². The second-order valence-electron chi connectivity index (χ2n) is 11.7. The van der Waals surface area contributed by atoms with Crippen molar-refractivity contribution in [2.24, 2.45) is 18.4 Å². The molecule has 208 valence electrons. The van der Waals surface area contributed by atoms with E-state index in [1.807, 2.05) is 49.0 Å². The molecule has 1 amide bonds. The summed E-state index contributed by atoms with van der Waals surface area (Å²) in [5, 5.41) is 3.98. The van der Waals surface area contributed by atoms with Gasteiger partial charge >= 0.3 is 0 Å². The van der Waals surface area contributed by atoms with Gasteiger partial charge in [0.25, 0.3) is 0 Å². The predicted octanol–water partition coefficient (Wildman–Crippen LogP) is 4.75. The maximum Gasteiger partial charge on any atom is 0.224 e. The Kier molecular flexibility index (Phi) is 8.03. The summed E-state index contributed by atoms with van der Waals surface area (Å²) in [7, 11) is 4.08. The average Bonchev–Trinajstić information content (AvgIpc) is 3.43. The number of pyridine rings is 1. The van der Waals surface area contributed by atoms with E-state index in [2.05, 4.69) is 27.2 Å². The molecular weight excluding hydrogens is 490 g/mol. The molecule has 0 radical (unpaired) electrons. The number of likely N-dealkylation sites (tertiary alicyclic amines) is 1. The molecule has 3 aromatic rings. The maximum atomic E-state index is 13.4. The molecule has 3 heterocycles. The minimum atomic E-state index is -0.263.